The van der Waals surface area contributed by atoms with Crippen LogP contribution in [0, 0.1) is 17.8 Å². The molecule has 1 aromatic carbocycles. The number of rotatable bonds is 3. The van der Waals surface area contributed by atoms with E-state index in [4.69, 9.17) is 21.1 Å². The van der Waals surface area contributed by atoms with Crippen LogP contribution in [-0.4, -0.2) is 12.5 Å². The van der Waals surface area contributed by atoms with E-state index in [1.165, 1.54) is 44.1 Å². The Hall–Kier alpha value is -1.22. The van der Waals surface area contributed by atoms with E-state index in [2.05, 4.69) is 0 Å². The molecule has 0 radical (unpaired) electrons. The van der Waals surface area contributed by atoms with E-state index in [0.29, 0.717) is 5.75 Å². The fourth-order valence-corrected chi connectivity index (χ4v) is 5.79. The molecule has 4 aliphatic carbocycles. The second-order valence-electron chi connectivity index (χ2n) is 7.40. The maximum absolute atomic E-state index is 11.0. The van der Waals surface area contributed by atoms with Crippen molar-refractivity contribution in [3.05, 3.63) is 23.8 Å². The van der Waals surface area contributed by atoms with Crippen molar-refractivity contribution in [1.82, 2.24) is 0 Å². The van der Waals surface area contributed by atoms with Gasteiger partial charge in [-0.25, -0.2) is 4.79 Å². The third kappa shape index (κ3) is 2.30. The fraction of sp³-hybridized carbons (Fsp3) is 0.611. The van der Waals surface area contributed by atoms with Gasteiger partial charge in [0.05, 0.1) is 7.11 Å². The normalized spacial score (nSPS) is 35.5. The minimum Gasteiger partial charge on any atom is -0.496 e. The third-order valence-corrected chi connectivity index (χ3v) is 6.06. The Morgan fingerprint density at radius 1 is 1.14 bits per heavy atom. The molecule has 0 amide bonds. The summed E-state index contributed by atoms with van der Waals surface area (Å²) >= 11 is 5.36. The van der Waals surface area contributed by atoms with E-state index in [1.807, 2.05) is 12.1 Å². The first-order chi connectivity index (χ1) is 10.6. The van der Waals surface area contributed by atoms with Crippen molar-refractivity contribution in [2.45, 2.75) is 43.9 Å². The van der Waals surface area contributed by atoms with Crippen molar-refractivity contribution in [2.24, 2.45) is 17.8 Å². The zero-order chi connectivity index (χ0) is 15.3. The zero-order valence-corrected chi connectivity index (χ0v) is 13.6. The van der Waals surface area contributed by atoms with Crippen LogP contribution in [0.1, 0.15) is 44.1 Å². The SMILES string of the molecule is COc1ccc(OC(=O)Cl)cc1C12CC3CC(CC(C3)C1)C2. The monoisotopic (exact) mass is 320 g/mol. The van der Waals surface area contributed by atoms with Crippen LogP contribution >= 0.6 is 11.6 Å². The minimum absolute atomic E-state index is 0.203. The highest BCUT2D eigenvalue weighted by Crippen LogP contribution is 2.62. The van der Waals surface area contributed by atoms with Gasteiger partial charge in [0.25, 0.3) is 0 Å². The smallest absolute Gasteiger partial charge is 0.409 e. The van der Waals surface area contributed by atoms with Gasteiger partial charge in [0.15, 0.2) is 0 Å². The molecule has 4 heteroatoms. The maximum atomic E-state index is 11.0. The van der Waals surface area contributed by atoms with Gasteiger partial charge in [0.1, 0.15) is 11.5 Å². The summed E-state index contributed by atoms with van der Waals surface area (Å²) < 4.78 is 10.7. The predicted octanol–water partition coefficient (Wildman–Crippen LogP) is 4.90. The Kier molecular flexibility index (Phi) is 3.37. The topological polar surface area (TPSA) is 35.5 Å². The maximum Gasteiger partial charge on any atom is 0.409 e. The zero-order valence-electron chi connectivity index (χ0n) is 12.8. The summed E-state index contributed by atoms with van der Waals surface area (Å²) in [4.78, 5) is 11.0. The lowest BCUT2D eigenvalue weighted by Gasteiger charge is -2.57. The number of carbonyl (C=O) groups excluding carboxylic acids is 1. The molecular formula is C18H21ClO3. The molecule has 0 saturated heterocycles. The molecule has 0 N–H and O–H groups in total. The largest absolute Gasteiger partial charge is 0.496 e. The molecule has 22 heavy (non-hydrogen) atoms. The van der Waals surface area contributed by atoms with Crippen molar-refractivity contribution in [3.8, 4) is 11.5 Å². The number of carbonyl (C=O) groups is 1. The summed E-state index contributed by atoms with van der Waals surface area (Å²) in [7, 11) is 1.71. The third-order valence-electron chi connectivity index (χ3n) is 5.98. The molecule has 0 unspecified atom stereocenters. The number of halogens is 1. The Morgan fingerprint density at radius 3 is 2.23 bits per heavy atom. The predicted molar refractivity (Wildman–Crippen MR) is 84.7 cm³/mol. The summed E-state index contributed by atoms with van der Waals surface area (Å²) in [6, 6.07) is 5.64. The Bertz CT molecular complexity index is 575. The molecule has 4 aliphatic rings. The number of ether oxygens (including phenoxy) is 2. The number of methoxy groups -OCH3 is 1. The van der Waals surface area contributed by atoms with Crippen molar-refractivity contribution < 1.29 is 14.3 Å². The molecule has 4 saturated carbocycles. The molecule has 0 aromatic heterocycles. The second-order valence-corrected chi connectivity index (χ2v) is 7.71. The lowest BCUT2D eigenvalue weighted by atomic mass is 9.48. The number of hydrogen-bond donors (Lipinski definition) is 0. The fourth-order valence-electron chi connectivity index (χ4n) is 5.70. The van der Waals surface area contributed by atoms with Gasteiger partial charge >= 0.3 is 5.43 Å². The van der Waals surface area contributed by atoms with Crippen molar-refractivity contribution in [1.29, 1.82) is 0 Å². The van der Waals surface area contributed by atoms with Gasteiger partial charge in [-0.1, -0.05) is 0 Å². The molecule has 1 aromatic rings. The average molecular weight is 321 g/mol. The number of hydrogen-bond acceptors (Lipinski definition) is 3. The minimum atomic E-state index is -0.790. The molecule has 0 aliphatic heterocycles. The quantitative estimate of drug-likeness (QED) is 0.743. The first-order valence-electron chi connectivity index (χ1n) is 8.14. The Labute approximate surface area is 135 Å². The Balaban J connectivity index is 1.75. The van der Waals surface area contributed by atoms with Gasteiger partial charge in [-0.3, -0.25) is 0 Å². The van der Waals surface area contributed by atoms with Crippen molar-refractivity contribution in [2.75, 3.05) is 7.11 Å². The standard InChI is InChI=1S/C18H21ClO3/c1-21-16-3-2-14(22-17(19)20)7-15(16)18-8-11-4-12(9-18)6-13(5-11)10-18/h2-3,7,11-13H,4-6,8-10H2,1H3. The first kappa shape index (κ1) is 14.4. The van der Waals surface area contributed by atoms with E-state index in [0.717, 1.165) is 23.5 Å². The summed E-state index contributed by atoms with van der Waals surface area (Å²) in [6.45, 7) is 0. The van der Waals surface area contributed by atoms with Crippen LogP contribution in [0.4, 0.5) is 4.79 Å². The van der Waals surface area contributed by atoms with Crippen molar-refractivity contribution in [3.63, 3.8) is 0 Å². The molecule has 0 heterocycles. The molecule has 3 nitrogen and oxygen atoms in total. The lowest BCUT2D eigenvalue weighted by molar-refractivity contribution is -0.00623. The Morgan fingerprint density at radius 2 is 1.73 bits per heavy atom. The van der Waals surface area contributed by atoms with Gasteiger partial charge in [-0.2, -0.15) is 0 Å². The summed E-state index contributed by atoms with van der Waals surface area (Å²) in [6.07, 6.45) is 7.93. The van der Waals surface area contributed by atoms with E-state index in [-0.39, 0.29) is 5.41 Å². The molecule has 4 bridgehead atoms. The summed E-state index contributed by atoms with van der Waals surface area (Å²) in [5, 5.41) is 0. The molecule has 0 atom stereocenters. The lowest BCUT2D eigenvalue weighted by Crippen LogP contribution is -2.48. The summed E-state index contributed by atoms with van der Waals surface area (Å²) in [5.41, 5.74) is 0.626. The van der Waals surface area contributed by atoms with Gasteiger partial charge in [-0.15, -0.1) is 0 Å². The van der Waals surface area contributed by atoms with Crippen LogP contribution in [0.5, 0.6) is 11.5 Å². The van der Waals surface area contributed by atoms with Crippen LogP contribution in [-0.2, 0) is 5.41 Å². The van der Waals surface area contributed by atoms with Crippen LogP contribution < -0.4 is 9.47 Å². The van der Waals surface area contributed by atoms with E-state index in [9.17, 15) is 4.79 Å². The average Bonchev–Trinajstić information content (AvgIpc) is 2.45. The van der Waals surface area contributed by atoms with Crippen LogP contribution in [0.2, 0.25) is 0 Å². The first-order valence-corrected chi connectivity index (χ1v) is 8.51. The summed E-state index contributed by atoms with van der Waals surface area (Å²) in [5.74, 6) is 4.00. The van der Waals surface area contributed by atoms with Crippen LogP contribution in [0.25, 0.3) is 0 Å². The van der Waals surface area contributed by atoms with Gasteiger partial charge in [0, 0.05) is 17.2 Å². The second kappa shape index (κ2) is 5.16. The van der Waals surface area contributed by atoms with Gasteiger partial charge in [-0.05, 0) is 79.9 Å². The molecule has 118 valence electrons. The highest BCUT2D eigenvalue weighted by Gasteiger charge is 2.52. The molecule has 0 spiro atoms. The van der Waals surface area contributed by atoms with E-state index >= 15 is 0 Å². The van der Waals surface area contributed by atoms with Gasteiger partial charge < -0.3 is 9.47 Å². The highest BCUT2D eigenvalue weighted by molar-refractivity contribution is 6.61. The molecule has 4 fully saturated rings. The van der Waals surface area contributed by atoms with Crippen molar-refractivity contribution >= 4 is 17.0 Å². The van der Waals surface area contributed by atoms with Crippen LogP contribution in [0.15, 0.2) is 18.2 Å². The molecular weight excluding hydrogens is 300 g/mol. The van der Waals surface area contributed by atoms with E-state index < -0.39 is 5.43 Å². The van der Waals surface area contributed by atoms with Gasteiger partial charge in [0.2, 0.25) is 0 Å². The highest BCUT2D eigenvalue weighted by atomic mass is 35.5. The van der Waals surface area contributed by atoms with Crippen LogP contribution in [0.3, 0.4) is 0 Å². The molecule has 5 rings (SSSR count). The van der Waals surface area contributed by atoms with E-state index in [1.54, 1.807) is 13.2 Å². The number of benzene rings is 1.